The number of alkyl halides is 1. The monoisotopic (exact) mass is 417 g/mol. The van der Waals surface area contributed by atoms with Gasteiger partial charge in [0, 0.05) is 20.8 Å². The molecule has 0 fully saturated rings. The van der Waals surface area contributed by atoms with Crippen LogP contribution in [0.1, 0.15) is 97.8 Å². The molecule has 0 aliphatic heterocycles. The normalized spacial score (nSPS) is 11.2. The Bertz CT molecular complexity index is 452. The van der Waals surface area contributed by atoms with E-state index in [0.717, 1.165) is 38.5 Å². The third-order valence-electron chi connectivity index (χ3n) is 4.83. The number of ether oxygens (including phenoxy) is 2. The van der Waals surface area contributed by atoms with Gasteiger partial charge in [-0.1, -0.05) is 64.2 Å². The van der Waals surface area contributed by atoms with Crippen LogP contribution in [0.25, 0.3) is 0 Å². The van der Waals surface area contributed by atoms with Gasteiger partial charge in [-0.05, 0) is 12.8 Å². The van der Waals surface area contributed by atoms with E-state index in [0.29, 0.717) is 12.8 Å². The van der Waals surface area contributed by atoms with Crippen LogP contribution < -0.4 is 5.32 Å². The fourth-order valence-electron chi connectivity index (χ4n) is 3.32. The fourth-order valence-corrected chi connectivity index (χ4v) is 3.32. The second kappa shape index (κ2) is 17.2. The molecular formula is C22H40FNO5. The molecule has 6 nitrogen and oxygen atoms in total. The highest BCUT2D eigenvalue weighted by Crippen LogP contribution is 2.19. The molecule has 0 unspecified atom stereocenters. The topological polar surface area (TPSA) is 81.7 Å². The zero-order chi connectivity index (χ0) is 22.0. The van der Waals surface area contributed by atoms with Gasteiger partial charge < -0.3 is 14.8 Å². The number of rotatable bonds is 18. The fraction of sp³-hybridized carbons (Fsp3) is 0.864. The first kappa shape index (κ1) is 27.3. The lowest BCUT2D eigenvalue weighted by molar-refractivity contribution is -0.150. The molecule has 0 saturated heterocycles. The highest BCUT2D eigenvalue weighted by molar-refractivity contribution is 5.74. The molecule has 0 aromatic heterocycles. The average molecular weight is 418 g/mol. The largest absolute Gasteiger partial charge is 0.463 e. The second-order valence-corrected chi connectivity index (χ2v) is 7.85. The average Bonchev–Trinajstić information content (AvgIpc) is 2.65. The number of hydrogen-bond acceptors (Lipinski definition) is 5. The summed E-state index contributed by atoms with van der Waals surface area (Å²) < 4.78 is 22.3. The van der Waals surface area contributed by atoms with Crippen molar-refractivity contribution in [2.24, 2.45) is 0 Å². The van der Waals surface area contributed by atoms with Crippen molar-refractivity contribution in [1.82, 2.24) is 5.32 Å². The molecule has 0 bridgehead atoms. The highest BCUT2D eigenvalue weighted by Gasteiger charge is 2.33. The van der Waals surface area contributed by atoms with E-state index in [9.17, 15) is 18.8 Å². The molecule has 0 saturated carbocycles. The molecule has 0 aromatic carbocycles. The maximum absolute atomic E-state index is 12.0. The van der Waals surface area contributed by atoms with Crippen molar-refractivity contribution < 1.29 is 28.2 Å². The Labute approximate surface area is 175 Å². The molecule has 0 aliphatic rings. The molecule has 0 spiro atoms. The number of nitrogens with one attached hydrogen (secondary N) is 1. The van der Waals surface area contributed by atoms with Gasteiger partial charge in [-0.25, -0.2) is 0 Å². The Balaban J connectivity index is 4.21. The smallest absolute Gasteiger partial charge is 0.302 e. The van der Waals surface area contributed by atoms with Crippen molar-refractivity contribution in [1.29, 1.82) is 0 Å². The quantitative estimate of drug-likeness (QED) is 0.260. The van der Waals surface area contributed by atoms with E-state index in [2.05, 4.69) is 5.32 Å². The van der Waals surface area contributed by atoms with Gasteiger partial charge in [0.05, 0.1) is 6.67 Å². The van der Waals surface area contributed by atoms with E-state index in [1.54, 1.807) is 0 Å². The minimum absolute atomic E-state index is 0.0163. The summed E-state index contributed by atoms with van der Waals surface area (Å²) in [4.78, 5) is 34.1. The summed E-state index contributed by atoms with van der Waals surface area (Å²) in [6, 6.07) is 0. The second-order valence-electron chi connectivity index (χ2n) is 7.85. The number of carbonyl (C=O) groups excluding carboxylic acids is 3. The van der Waals surface area contributed by atoms with Crippen molar-refractivity contribution in [3.8, 4) is 0 Å². The summed E-state index contributed by atoms with van der Waals surface area (Å²) in [5.41, 5.74) is -0.886. The summed E-state index contributed by atoms with van der Waals surface area (Å²) >= 11 is 0. The van der Waals surface area contributed by atoms with Crippen molar-refractivity contribution >= 4 is 17.8 Å². The Morgan fingerprint density at radius 2 is 1.07 bits per heavy atom. The lowest BCUT2D eigenvalue weighted by Crippen LogP contribution is -2.55. The molecule has 1 N–H and O–H groups in total. The van der Waals surface area contributed by atoms with Gasteiger partial charge in [0.15, 0.2) is 0 Å². The number of carbonyl (C=O) groups is 3. The van der Waals surface area contributed by atoms with Gasteiger partial charge in [-0.2, -0.15) is 0 Å². The summed E-state index contributed by atoms with van der Waals surface area (Å²) in [6.45, 7) is 3.78. The predicted octanol–water partition coefficient (Wildman–Crippen LogP) is 4.64. The van der Waals surface area contributed by atoms with Gasteiger partial charge in [-0.3, -0.25) is 18.8 Å². The highest BCUT2D eigenvalue weighted by atomic mass is 19.1. The zero-order valence-corrected chi connectivity index (χ0v) is 18.5. The van der Waals surface area contributed by atoms with E-state index in [1.165, 1.54) is 46.5 Å². The van der Waals surface area contributed by atoms with Crippen LogP contribution in [-0.2, 0) is 23.9 Å². The maximum Gasteiger partial charge on any atom is 0.302 e. The number of amides is 1. The predicted molar refractivity (Wildman–Crippen MR) is 111 cm³/mol. The van der Waals surface area contributed by atoms with Crippen molar-refractivity contribution in [2.45, 2.75) is 103 Å². The minimum atomic E-state index is -0.886. The Morgan fingerprint density at radius 3 is 1.41 bits per heavy atom. The molecule has 0 radical (unpaired) electrons. The lowest BCUT2D eigenvalue weighted by Gasteiger charge is -2.33. The summed E-state index contributed by atoms with van der Waals surface area (Å²) in [5, 5.41) is 2.83. The molecular weight excluding hydrogens is 377 g/mol. The summed E-state index contributed by atoms with van der Waals surface area (Å²) in [6.07, 6.45) is 12.3. The molecule has 7 heteroatoms. The van der Waals surface area contributed by atoms with Crippen LogP contribution in [0.15, 0.2) is 0 Å². The third-order valence-corrected chi connectivity index (χ3v) is 4.83. The van der Waals surface area contributed by atoms with Gasteiger partial charge >= 0.3 is 11.9 Å². The third kappa shape index (κ3) is 17.0. The Morgan fingerprint density at radius 1 is 0.690 bits per heavy atom. The number of halogens is 1. The van der Waals surface area contributed by atoms with Gasteiger partial charge in [-0.15, -0.1) is 0 Å². The van der Waals surface area contributed by atoms with E-state index in [1.807, 2.05) is 0 Å². The first-order valence-electron chi connectivity index (χ1n) is 10.9. The van der Waals surface area contributed by atoms with Gasteiger partial charge in [0.1, 0.15) is 18.8 Å². The van der Waals surface area contributed by atoms with Crippen LogP contribution in [0, 0.1) is 0 Å². The molecule has 0 aromatic rings. The van der Waals surface area contributed by atoms with Gasteiger partial charge in [0.2, 0.25) is 5.91 Å². The van der Waals surface area contributed by atoms with Crippen LogP contribution in [0.4, 0.5) is 4.39 Å². The maximum atomic E-state index is 12.0. The van der Waals surface area contributed by atoms with E-state index < -0.39 is 17.5 Å². The lowest BCUT2D eigenvalue weighted by atomic mass is 9.92. The van der Waals surface area contributed by atoms with Gasteiger partial charge in [0.25, 0.3) is 0 Å². The Kier molecular flexibility index (Phi) is 16.2. The number of esters is 2. The Hall–Kier alpha value is -1.66. The number of hydrogen-bond donors (Lipinski definition) is 1. The minimum Gasteiger partial charge on any atom is -0.463 e. The van der Waals surface area contributed by atoms with Crippen LogP contribution in [0.2, 0.25) is 0 Å². The zero-order valence-electron chi connectivity index (χ0n) is 18.5. The molecule has 1 amide bonds. The molecule has 0 rings (SSSR count). The number of unbranched alkanes of at least 4 members (excludes halogenated alkanes) is 10. The first-order valence-corrected chi connectivity index (χ1v) is 10.9. The molecule has 170 valence electrons. The molecule has 0 aliphatic carbocycles. The summed E-state index contributed by atoms with van der Waals surface area (Å²) in [7, 11) is 0. The van der Waals surface area contributed by atoms with Crippen molar-refractivity contribution in [2.75, 3.05) is 19.9 Å². The molecule has 0 atom stereocenters. The standard InChI is InChI=1S/C22H40FNO5/c1-19(25)24-22(17-28-20(2)26,18-29-21(3)27)15-13-11-9-7-5-4-6-8-10-12-14-16-23/h4-18H2,1-3H3,(H,24,25). The first-order chi connectivity index (χ1) is 13.8. The van der Waals surface area contributed by atoms with E-state index >= 15 is 0 Å². The molecule has 29 heavy (non-hydrogen) atoms. The van der Waals surface area contributed by atoms with E-state index in [-0.39, 0.29) is 25.8 Å². The van der Waals surface area contributed by atoms with Crippen LogP contribution in [-0.4, -0.2) is 43.3 Å². The van der Waals surface area contributed by atoms with Crippen LogP contribution >= 0.6 is 0 Å². The summed E-state index contributed by atoms with van der Waals surface area (Å²) in [5.74, 6) is -1.13. The van der Waals surface area contributed by atoms with Crippen LogP contribution in [0.5, 0.6) is 0 Å². The van der Waals surface area contributed by atoms with Crippen molar-refractivity contribution in [3.63, 3.8) is 0 Å². The van der Waals surface area contributed by atoms with E-state index in [4.69, 9.17) is 9.47 Å². The van der Waals surface area contributed by atoms with Crippen molar-refractivity contribution in [3.05, 3.63) is 0 Å². The SMILES string of the molecule is CC(=O)NC(CCCCCCCCCCCCCF)(COC(C)=O)COC(C)=O. The van der Waals surface area contributed by atoms with Crippen LogP contribution in [0.3, 0.4) is 0 Å². The molecule has 0 heterocycles.